The van der Waals surface area contributed by atoms with Crippen molar-refractivity contribution in [1.29, 1.82) is 0 Å². The summed E-state index contributed by atoms with van der Waals surface area (Å²) in [5.74, 6) is 0.0581. The van der Waals surface area contributed by atoms with Crippen LogP contribution in [0.3, 0.4) is 0 Å². The second kappa shape index (κ2) is 9.40. The molecule has 0 saturated heterocycles. The minimum atomic E-state index is -3.91. The Morgan fingerprint density at radius 3 is 2.38 bits per heavy atom. The van der Waals surface area contributed by atoms with Crippen molar-refractivity contribution in [3.63, 3.8) is 0 Å². The summed E-state index contributed by atoms with van der Waals surface area (Å²) in [6.07, 6.45) is 0. The quantitative estimate of drug-likeness (QED) is 0.488. The highest BCUT2D eigenvalue weighted by atomic mass is 35.5. The van der Waals surface area contributed by atoms with Gasteiger partial charge in [-0.1, -0.05) is 23.2 Å². The van der Waals surface area contributed by atoms with Crippen LogP contribution in [-0.4, -0.2) is 31.2 Å². The van der Waals surface area contributed by atoms with Crippen LogP contribution < -0.4 is 14.8 Å². The molecule has 1 atom stereocenters. The number of nitrogens with one attached hydrogen (secondary N) is 2. The van der Waals surface area contributed by atoms with Crippen molar-refractivity contribution >= 4 is 50.5 Å². The van der Waals surface area contributed by atoms with Crippen LogP contribution in [0.25, 0.3) is 0 Å². The molecule has 0 unspecified atom stereocenters. The topological polar surface area (TPSA) is 102 Å². The fraction of sp³-hybridized carbons (Fsp3) is 0.238. The maximum atomic E-state index is 12.7. The summed E-state index contributed by atoms with van der Waals surface area (Å²) < 4.78 is 34.5. The summed E-state index contributed by atoms with van der Waals surface area (Å²) in [5.41, 5.74) is 2.25. The number of hydrogen-bond acceptors (Lipinski definition) is 5. The van der Waals surface area contributed by atoms with Gasteiger partial charge in [0, 0.05) is 5.69 Å². The van der Waals surface area contributed by atoms with Gasteiger partial charge in [0.15, 0.2) is 0 Å². The Kier molecular flexibility index (Phi) is 7.02. The van der Waals surface area contributed by atoms with Crippen molar-refractivity contribution in [3.8, 4) is 5.75 Å². The first kappa shape index (κ1) is 23.9. The number of aromatic nitrogens is 2. The Morgan fingerprint density at radius 1 is 1.09 bits per heavy atom. The Bertz CT molecular complexity index is 1270. The highest BCUT2D eigenvalue weighted by molar-refractivity contribution is 7.92. The fourth-order valence-electron chi connectivity index (χ4n) is 3.09. The number of aryl methyl sites for hydroxylation is 2. The number of hydrogen-bond donors (Lipinski definition) is 2. The average molecular weight is 497 g/mol. The summed E-state index contributed by atoms with van der Waals surface area (Å²) in [6, 6.07) is 9.89. The molecule has 0 aliphatic carbocycles. The van der Waals surface area contributed by atoms with Crippen LogP contribution in [-0.2, 0) is 14.8 Å². The van der Waals surface area contributed by atoms with Gasteiger partial charge >= 0.3 is 0 Å². The molecule has 2 N–H and O–H groups in total. The molecule has 0 bridgehead atoms. The van der Waals surface area contributed by atoms with Crippen LogP contribution in [0.15, 0.2) is 47.4 Å². The van der Waals surface area contributed by atoms with Crippen molar-refractivity contribution in [2.75, 3.05) is 17.1 Å². The number of sulfonamides is 1. The largest absolute Gasteiger partial charge is 0.495 e. The fourth-order valence-corrected chi connectivity index (χ4v) is 4.72. The summed E-state index contributed by atoms with van der Waals surface area (Å²) in [6.45, 7) is 5.45. The van der Waals surface area contributed by atoms with E-state index in [9.17, 15) is 13.2 Å². The van der Waals surface area contributed by atoms with Gasteiger partial charge in [-0.25, -0.2) is 8.42 Å². The van der Waals surface area contributed by atoms with Crippen LogP contribution in [0.2, 0.25) is 10.0 Å². The lowest BCUT2D eigenvalue weighted by atomic mass is 10.2. The molecule has 1 amide bonds. The number of ether oxygens (including phenoxy) is 1. The molecule has 8 nitrogen and oxygen atoms in total. The zero-order chi connectivity index (χ0) is 23.6. The van der Waals surface area contributed by atoms with Crippen LogP contribution in [0.5, 0.6) is 5.75 Å². The molecular formula is C21H22Cl2N4O4S. The second-order valence-corrected chi connectivity index (χ2v) is 9.63. The molecule has 3 aromatic rings. The maximum Gasteiger partial charge on any atom is 0.261 e. The first-order valence-electron chi connectivity index (χ1n) is 9.51. The summed E-state index contributed by atoms with van der Waals surface area (Å²) in [7, 11) is -2.47. The molecule has 0 aliphatic heterocycles. The lowest BCUT2D eigenvalue weighted by Crippen LogP contribution is -2.25. The van der Waals surface area contributed by atoms with Crippen molar-refractivity contribution in [2.24, 2.45) is 0 Å². The first-order valence-corrected chi connectivity index (χ1v) is 11.7. The molecule has 1 aromatic heterocycles. The molecule has 32 heavy (non-hydrogen) atoms. The Labute approximate surface area is 196 Å². The predicted octanol–water partition coefficient (Wildman–Crippen LogP) is 4.82. The van der Waals surface area contributed by atoms with E-state index >= 15 is 0 Å². The van der Waals surface area contributed by atoms with Gasteiger partial charge in [0.05, 0.1) is 39.1 Å². The van der Waals surface area contributed by atoms with E-state index in [1.54, 1.807) is 11.6 Å². The number of rotatable bonds is 7. The third kappa shape index (κ3) is 5.17. The van der Waals surface area contributed by atoms with Gasteiger partial charge in [0.1, 0.15) is 11.8 Å². The zero-order valence-corrected chi connectivity index (χ0v) is 20.1. The van der Waals surface area contributed by atoms with Crippen LogP contribution in [0.1, 0.15) is 24.4 Å². The summed E-state index contributed by atoms with van der Waals surface area (Å²) in [4.78, 5) is 12.6. The molecule has 0 radical (unpaired) electrons. The normalized spacial score (nSPS) is 12.3. The molecule has 170 valence electrons. The molecule has 0 fully saturated rings. The van der Waals surface area contributed by atoms with E-state index in [0.29, 0.717) is 11.4 Å². The van der Waals surface area contributed by atoms with Gasteiger partial charge in [-0.05, 0) is 63.2 Å². The van der Waals surface area contributed by atoms with Crippen LogP contribution >= 0.6 is 23.2 Å². The van der Waals surface area contributed by atoms with Gasteiger partial charge in [-0.3, -0.25) is 14.2 Å². The number of halogens is 2. The number of nitrogens with zero attached hydrogens (tertiary/aromatic N) is 2. The van der Waals surface area contributed by atoms with E-state index in [4.69, 9.17) is 27.9 Å². The van der Waals surface area contributed by atoms with E-state index < -0.39 is 16.1 Å². The molecular weight excluding hydrogens is 475 g/mol. The van der Waals surface area contributed by atoms with E-state index in [2.05, 4.69) is 15.1 Å². The van der Waals surface area contributed by atoms with Crippen molar-refractivity contribution in [1.82, 2.24) is 9.78 Å². The molecule has 1 heterocycles. The number of amides is 1. The molecule has 0 spiro atoms. The second-order valence-electron chi connectivity index (χ2n) is 7.13. The van der Waals surface area contributed by atoms with Crippen molar-refractivity contribution in [2.45, 2.75) is 31.7 Å². The minimum Gasteiger partial charge on any atom is -0.495 e. The van der Waals surface area contributed by atoms with Gasteiger partial charge < -0.3 is 10.1 Å². The molecule has 0 saturated carbocycles. The zero-order valence-electron chi connectivity index (χ0n) is 17.8. The summed E-state index contributed by atoms with van der Waals surface area (Å²) in [5, 5.41) is 7.41. The number of anilines is 2. The van der Waals surface area contributed by atoms with Gasteiger partial charge in [-0.15, -0.1) is 0 Å². The van der Waals surface area contributed by atoms with Gasteiger partial charge in [0.25, 0.3) is 10.0 Å². The third-order valence-corrected chi connectivity index (χ3v) is 6.69. The van der Waals surface area contributed by atoms with Crippen LogP contribution in [0, 0.1) is 13.8 Å². The Hall–Kier alpha value is -2.75. The highest BCUT2D eigenvalue weighted by Gasteiger charge is 2.20. The Balaban J connectivity index is 1.75. The number of benzene rings is 2. The third-order valence-electron chi connectivity index (χ3n) is 4.70. The molecule has 0 aliphatic rings. The predicted molar refractivity (Wildman–Crippen MR) is 125 cm³/mol. The smallest absolute Gasteiger partial charge is 0.261 e. The first-order chi connectivity index (χ1) is 15.0. The van der Waals surface area contributed by atoms with Crippen molar-refractivity contribution in [3.05, 3.63) is 63.9 Å². The van der Waals surface area contributed by atoms with E-state index in [1.807, 2.05) is 19.9 Å². The van der Waals surface area contributed by atoms with Gasteiger partial charge in [-0.2, -0.15) is 5.10 Å². The number of methoxy groups -OCH3 is 1. The van der Waals surface area contributed by atoms with E-state index in [1.165, 1.54) is 43.5 Å². The van der Waals surface area contributed by atoms with Gasteiger partial charge in [0.2, 0.25) is 5.91 Å². The lowest BCUT2D eigenvalue weighted by Gasteiger charge is -2.16. The number of carbonyl (C=O) groups is 1. The maximum absolute atomic E-state index is 12.7. The minimum absolute atomic E-state index is 0.0319. The van der Waals surface area contributed by atoms with Crippen LogP contribution in [0.4, 0.5) is 11.4 Å². The highest BCUT2D eigenvalue weighted by Crippen LogP contribution is 2.30. The van der Waals surface area contributed by atoms with E-state index in [-0.39, 0.29) is 26.5 Å². The molecule has 11 heteroatoms. The summed E-state index contributed by atoms with van der Waals surface area (Å²) >= 11 is 12.3. The Morgan fingerprint density at radius 2 is 1.81 bits per heavy atom. The standard InChI is InChI=1S/C21H22Cl2N4O4S/c1-12-9-13(2)27(25-12)14(3)21(28)24-19-7-5-15(10-17(19)22)26-32(29,30)16-6-8-20(31-4)18(23)11-16/h5-11,14,26H,1-4H3,(H,24,28)/t14-/m1/s1. The number of carbonyl (C=O) groups excluding carboxylic acids is 1. The molecule has 2 aromatic carbocycles. The monoisotopic (exact) mass is 496 g/mol. The van der Waals surface area contributed by atoms with Crippen molar-refractivity contribution < 1.29 is 17.9 Å². The molecule has 3 rings (SSSR count). The lowest BCUT2D eigenvalue weighted by molar-refractivity contribution is -0.119. The van der Waals surface area contributed by atoms with E-state index in [0.717, 1.165) is 11.4 Å². The SMILES string of the molecule is COc1ccc(S(=O)(=O)Nc2ccc(NC(=O)[C@@H](C)n3nc(C)cc3C)c(Cl)c2)cc1Cl. The average Bonchev–Trinajstić information content (AvgIpc) is 3.06.